The molecule has 2 amide bonds. The standard InChI is InChI=1S/C24H23N3O3S/c1-17-7-5-6-10-20(17)15-22(28)25-24(31)27-26-23(29)16-30-21-13-11-19(12-14-21)18-8-3-2-4-9-18/h2-14H,15-16H2,1H3,(H,26,29)(H2,25,27,28,31). The molecule has 7 heteroatoms. The van der Waals surface area contributed by atoms with Crippen molar-refractivity contribution in [1.82, 2.24) is 16.2 Å². The Bertz CT molecular complexity index is 1050. The Balaban J connectivity index is 1.38. The highest BCUT2D eigenvalue weighted by Crippen LogP contribution is 2.21. The summed E-state index contributed by atoms with van der Waals surface area (Å²) in [4.78, 5) is 24.0. The quantitative estimate of drug-likeness (QED) is 0.411. The van der Waals surface area contributed by atoms with Crippen molar-refractivity contribution < 1.29 is 14.3 Å². The molecule has 3 aromatic rings. The van der Waals surface area contributed by atoms with Crippen molar-refractivity contribution in [2.24, 2.45) is 0 Å². The van der Waals surface area contributed by atoms with Gasteiger partial charge in [-0.15, -0.1) is 0 Å². The first-order valence-electron chi connectivity index (χ1n) is 9.73. The van der Waals surface area contributed by atoms with Crippen LogP contribution in [0.1, 0.15) is 11.1 Å². The van der Waals surface area contributed by atoms with E-state index in [-0.39, 0.29) is 24.0 Å². The highest BCUT2D eigenvalue weighted by Gasteiger charge is 2.09. The number of hydrazine groups is 1. The monoisotopic (exact) mass is 433 g/mol. The van der Waals surface area contributed by atoms with Gasteiger partial charge in [0.25, 0.3) is 5.91 Å². The van der Waals surface area contributed by atoms with E-state index in [1.54, 1.807) is 12.1 Å². The van der Waals surface area contributed by atoms with Crippen LogP contribution in [0.2, 0.25) is 0 Å². The van der Waals surface area contributed by atoms with E-state index in [9.17, 15) is 9.59 Å². The van der Waals surface area contributed by atoms with Gasteiger partial charge in [-0.25, -0.2) is 0 Å². The van der Waals surface area contributed by atoms with Gasteiger partial charge < -0.3 is 10.1 Å². The predicted octanol–water partition coefficient (Wildman–Crippen LogP) is 3.31. The van der Waals surface area contributed by atoms with Crippen molar-refractivity contribution >= 4 is 29.1 Å². The highest BCUT2D eigenvalue weighted by atomic mass is 32.1. The molecule has 0 spiro atoms. The summed E-state index contributed by atoms with van der Waals surface area (Å²) in [5.74, 6) is -0.123. The van der Waals surface area contributed by atoms with Crippen molar-refractivity contribution in [1.29, 1.82) is 0 Å². The summed E-state index contributed by atoms with van der Waals surface area (Å²) in [6, 6.07) is 25.1. The SMILES string of the molecule is Cc1ccccc1CC(=O)NC(=S)NNC(=O)COc1ccc(-c2ccccc2)cc1. The van der Waals surface area contributed by atoms with E-state index in [0.29, 0.717) is 5.75 Å². The number of hydrogen-bond donors (Lipinski definition) is 3. The maximum absolute atomic E-state index is 12.1. The maximum atomic E-state index is 12.1. The Morgan fingerprint density at radius 1 is 0.806 bits per heavy atom. The second-order valence-corrected chi connectivity index (χ2v) is 7.24. The molecule has 158 valence electrons. The van der Waals surface area contributed by atoms with E-state index in [4.69, 9.17) is 17.0 Å². The lowest BCUT2D eigenvalue weighted by molar-refractivity contribution is -0.124. The molecule has 0 heterocycles. The molecule has 0 saturated heterocycles. The van der Waals surface area contributed by atoms with Crippen LogP contribution in [0.25, 0.3) is 11.1 Å². The molecule has 0 aliphatic rings. The fraction of sp³-hybridized carbons (Fsp3) is 0.125. The van der Waals surface area contributed by atoms with E-state index < -0.39 is 5.91 Å². The molecule has 0 aliphatic heterocycles. The van der Waals surface area contributed by atoms with Crippen LogP contribution in [-0.4, -0.2) is 23.5 Å². The van der Waals surface area contributed by atoms with Crippen LogP contribution in [0, 0.1) is 6.92 Å². The Kier molecular flexibility index (Phi) is 7.73. The van der Waals surface area contributed by atoms with E-state index in [1.165, 1.54) is 0 Å². The molecule has 0 atom stereocenters. The topological polar surface area (TPSA) is 79.5 Å². The Labute approximate surface area is 186 Å². The van der Waals surface area contributed by atoms with Crippen molar-refractivity contribution in [3.05, 3.63) is 90.0 Å². The molecule has 3 N–H and O–H groups in total. The number of carbonyl (C=O) groups is 2. The first kappa shape index (κ1) is 22.0. The summed E-state index contributed by atoms with van der Waals surface area (Å²) in [5.41, 5.74) is 9.01. The average Bonchev–Trinajstić information content (AvgIpc) is 2.79. The minimum atomic E-state index is -0.428. The fourth-order valence-corrected chi connectivity index (χ4v) is 3.03. The zero-order chi connectivity index (χ0) is 22.1. The average molecular weight is 434 g/mol. The molecule has 0 fully saturated rings. The van der Waals surface area contributed by atoms with Crippen LogP contribution in [0.4, 0.5) is 0 Å². The first-order valence-corrected chi connectivity index (χ1v) is 10.1. The number of rotatable bonds is 6. The second kappa shape index (κ2) is 10.9. The van der Waals surface area contributed by atoms with Crippen LogP contribution in [-0.2, 0) is 16.0 Å². The van der Waals surface area contributed by atoms with E-state index >= 15 is 0 Å². The number of amides is 2. The van der Waals surface area contributed by atoms with Crippen molar-refractivity contribution in [3.8, 4) is 16.9 Å². The molecule has 0 aromatic heterocycles. The van der Waals surface area contributed by atoms with E-state index in [0.717, 1.165) is 22.3 Å². The number of ether oxygens (including phenoxy) is 1. The maximum Gasteiger partial charge on any atom is 0.276 e. The summed E-state index contributed by atoms with van der Waals surface area (Å²) in [6.45, 7) is 1.74. The molecule has 3 rings (SSSR count). The Hall–Kier alpha value is -3.71. The third-order valence-corrected chi connectivity index (χ3v) is 4.72. The van der Waals surface area contributed by atoms with E-state index in [2.05, 4.69) is 16.2 Å². The Morgan fingerprint density at radius 2 is 1.45 bits per heavy atom. The van der Waals surface area contributed by atoms with Gasteiger partial charge >= 0.3 is 0 Å². The molecule has 3 aromatic carbocycles. The molecular weight excluding hydrogens is 410 g/mol. The number of thiocarbonyl (C=S) groups is 1. The zero-order valence-electron chi connectivity index (χ0n) is 17.1. The molecule has 31 heavy (non-hydrogen) atoms. The number of carbonyl (C=O) groups excluding carboxylic acids is 2. The molecule has 0 aliphatic carbocycles. The summed E-state index contributed by atoms with van der Waals surface area (Å²) in [7, 11) is 0. The molecule has 0 bridgehead atoms. The lowest BCUT2D eigenvalue weighted by Gasteiger charge is -2.12. The molecular formula is C24H23N3O3S. The Morgan fingerprint density at radius 3 is 2.16 bits per heavy atom. The number of nitrogens with one attached hydrogen (secondary N) is 3. The summed E-state index contributed by atoms with van der Waals surface area (Å²) in [5, 5.41) is 2.55. The molecule has 0 unspecified atom stereocenters. The third-order valence-electron chi connectivity index (χ3n) is 4.51. The lowest BCUT2D eigenvalue weighted by atomic mass is 10.1. The number of benzene rings is 3. The molecule has 0 radical (unpaired) electrons. The molecule has 6 nitrogen and oxygen atoms in total. The fourth-order valence-electron chi connectivity index (χ4n) is 2.87. The summed E-state index contributed by atoms with van der Waals surface area (Å²) in [6.07, 6.45) is 0.199. The van der Waals surface area contributed by atoms with Crippen LogP contribution < -0.4 is 20.9 Å². The minimum Gasteiger partial charge on any atom is -0.484 e. The van der Waals surface area contributed by atoms with Crippen LogP contribution >= 0.6 is 12.2 Å². The van der Waals surface area contributed by atoms with Gasteiger partial charge in [-0.3, -0.25) is 20.4 Å². The smallest absolute Gasteiger partial charge is 0.276 e. The van der Waals surface area contributed by atoms with Gasteiger partial charge in [-0.05, 0) is 53.5 Å². The van der Waals surface area contributed by atoms with Gasteiger partial charge in [0.2, 0.25) is 5.91 Å². The lowest BCUT2D eigenvalue weighted by Crippen LogP contribution is -2.50. The minimum absolute atomic E-state index is 0.0131. The summed E-state index contributed by atoms with van der Waals surface area (Å²) < 4.78 is 5.48. The third kappa shape index (κ3) is 6.94. The summed E-state index contributed by atoms with van der Waals surface area (Å²) >= 11 is 5.04. The zero-order valence-corrected chi connectivity index (χ0v) is 17.9. The van der Waals surface area contributed by atoms with Crippen LogP contribution in [0.15, 0.2) is 78.9 Å². The number of hydrogen-bond acceptors (Lipinski definition) is 4. The van der Waals surface area contributed by atoms with Crippen LogP contribution in [0.5, 0.6) is 5.75 Å². The molecule has 0 saturated carbocycles. The van der Waals surface area contributed by atoms with Crippen molar-refractivity contribution in [3.63, 3.8) is 0 Å². The van der Waals surface area contributed by atoms with Gasteiger partial charge in [0.1, 0.15) is 5.75 Å². The van der Waals surface area contributed by atoms with Gasteiger partial charge in [0.05, 0.1) is 6.42 Å². The van der Waals surface area contributed by atoms with Gasteiger partial charge in [0.15, 0.2) is 11.7 Å². The largest absolute Gasteiger partial charge is 0.484 e. The van der Waals surface area contributed by atoms with Crippen molar-refractivity contribution in [2.45, 2.75) is 13.3 Å². The second-order valence-electron chi connectivity index (χ2n) is 6.83. The van der Waals surface area contributed by atoms with E-state index in [1.807, 2.05) is 73.7 Å². The number of aryl methyl sites for hydroxylation is 1. The van der Waals surface area contributed by atoms with Crippen LogP contribution in [0.3, 0.4) is 0 Å². The van der Waals surface area contributed by atoms with Crippen molar-refractivity contribution in [2.75, 3.05) is 6.61 Å². The predicted molar refractivity (Wildman–Crippen MR) is 124 cm³/mol. The first-order chi connectivity index (χ1) is 15.0. The van der Waals surface area contributed by atoms with Gasteiger partial charge in [-0.2, -0.15) is 0 Å². The highest BCUT2D eigenvalue weighted by molar-refractivity contribution is 7.80. The normalized spacial score (nSPS) is 10.1. The van der Waals surface area contributed by atoms with Gasteiger partial charge in [0, 0.05) is 0 Å². The van der Waals surface area contributed by atoms with Gasteiger partial charge in [-0.1, -0.05) is 66.7 Å².